The van der Waals surface area contributed by atoms with E-state index in [1.54, 1.807) is 31.2 Å². The van der Waals surface area contributed by atoms with Gasteiger partial charge in [-0.05, 0) is 53.7 Å². The van der Waals surface area contributed by atoms with E-state index in [1.165, 1.54) is 6.92 Å². The number of carbonyl (C=O) groups is 2. The van der Waals surface area contributed by atoms with Crippen LogP contribution >= 0.6 is 0 Å². The highest BCUT2D eigenvalue weighted by Gasteiger charge is 2.20. The Morgan fingerprint density at radius 2 is 1.88 bits per heavy atom. The summed E-state index contributed by atoms with van der Waals surface area (Å²) in [7, 11) is 0. The number of ether oxygens (including phenoxy) is 1. The summed E-state index contributed by atoms with van der Waals surface area (Å²) in [4.78, 5) is 23.9. The van der Waals surface area contributed by atoms with Crippen LogP contribution < -0.4 is 10.1 Å². The molecule has 1 amide bonds. The lowest BCUT2D eigenvalue weighted by molar-refractivity contribution is -0.122. The number of nitrogens with one attached hydrogen (secondary N) is 1. The molecule has 2 aromatic rings. The molecule has 0 bridgehead atoms. The maximum atomic E-state index is 12.5. The second kappa shape index (κ2) is 7.51. The number of anilines is 1. The van der Waals surface area contributed by atoms with Crippen LogP contribution in [-0.4, -0.2) is 27.6 Å². The maximum absolute atomic E-state index is 12.5. The lowest BCUT2D eigenvalue weighted by Gasteiger charge is -2.15. The summed E-state index contributed by atoms with van der Waals surface area (Å²) in [6.45, 7) is 11.0. The minimum Gasteiger partial charge on any atom is -0.481 e. The summed E-state index contributed by atoms with van der Waals surface area (Å²) < 4.78 is 7.56. The van der Waals surface area contributed by atoms with Crippen LogP contribution in [0.4, 0.5) is 5.69 Å². The predicted molar refractivity (Wildman–Crippen MR) is 97.3 cm³/mol. The highest BCUT2D eigenvalue weighted by Crippen LogP contribution is 2.23. The molecule has 0 fully saturated rings. The van der Waals surface area contributed by atoms with Crippen molar-refractivity contribution in [2.24, 2.45) is 0 Å². The SMILES string of the molecule is CC(=O)c1cccc(O[C@@H](C)C(=O)Nc2c(C)nn(C(C)C)c2C)c1. The maximum Gasteiger partial charge on any atom is 0.265 e. The minimum atomic E-state index is -0.705. The van der Waals surface area contributed by atoms with Gasteiger partial charge in [-0.15, -0.1) is 0 Å². The molecule has 0 saturated carbocycles. The second-order valence-electron chi connectivity index (χ2n) is 6.42. The van der Waals surface area contributed by atoms with Gasteiger partial charge in [0.2, 0.25) is 0 Å². The van der Waals surface area contributed by atoms with E-state index in [9.17, 15) is 9.59 Å². The molecule has 25 heavy (non-hydrogen) atoms. The van der Waals surface area contributed by atoms with Gasteiger partial charge in [0, 0.05) is 11.6 Å². The van der Waals surface area contributed by atoms with Gasteiger partial charge >= 0.3 is 0 Å². The molecule has 1 heterocycles. The van der Waals surface area contributed by atoms with E-state index in [0.717, 1.165) is 11.4 Å². The zero-order chi connectivity index (χ0) is 18.7. The van der Waals surface area contributed by atoms with E-state index >= 15 is 0 Å². The van der Waals surface area contributed by atoms with Crippen LogP contribution in [0.3, 0.4) is 0 Å². The number of Topliss-reactive ketones (excluding diaryl/α,β-unsaturated/α-hetero) is 1. The van der Waals surface area contributed by atoms with Crippen LogP contribution in [0.2, 0.25) is 0 Å². The first-order valence-electron chi connectivity index (χ1n) is 8.35. The molecule has 1 aromatic heterocycles. The van der Waals surface area contributed by atoms with Crippen molar-refractivity contribution in [1.29, 1.82) is 0 Å². The van der Waals surface area contributed by atoms with Crippen LogP contribution in [-0.2, 0) is 4.79 Å². The molecule has 0 unspecified atom stereocenters. The van der Waals surface area contributed by atoms with Crippen molar-refractivity contribution in [3.8, 4) is 5.75 Å². The molecule has 6 heteroatoms. The molecule has 0 aliphatic heterocycles. The molecular formula is C19H25N3O3. The molecule has 0 radical (unpaired) electrons. The van der Waals surface area contributed by atoms with Crippen molar-refractivity contribution < 1.29 is 14.3 Å². The van der Waals surface area contributed by atoms with E-state index < -0.39 is 6.10 Å². The Morgan fingerprint density at radius 3 is 2.44 bits per heavy atom. The van der Waals surface area contributed by atoms with Gasteiger partial charge in [-0.25, -0.2) is 0 Å². The largest absolute Gasteiger partial charge is 0.481 e. The number of benzene rings is 1. The smallest absolute Gasteiger partial charge is 0.265 e. The first-order valence-corrected chi connectivity index (χ1v) is 8.35. The highest BCUT2D eigenvalue weighted by atomic mass is 16.5. The topological polar surface area (TPSA) is 73.2 Å². The van der Waals surface area contributed by atoms with E-state index in [-0.39, 0.29) is 17.7 Å². The van der Waals surface area contributed by atoms with Crippen LogP contribution in [0.1, 0.15) is 55.5 Å². The molecule has 2 rings (SSSR count). The Morgan fingerprint density at radius 1 is 1.20 bits per heavy atom. The Hall–Kier alpha value is -2.63. The zero-order valence-electron chi connectivity index (χ0n) is 15.6. The molecule has 134 valence electrons. The molecule has 0 spiro atoms. The predicted octanol–water partition coefficient (Wildman–Crippen LogP) is 3.69. The van der Waals surface area contributed by atoms with Gasteiger partial charge in [0.1, 0.15) is 5.75 Å². The third-order valence-electron chi connectivity index (χ3n) is 3.98. The van der Waals surface area contributed by atoms with E-state index in [1.807, 2.05) is 32.4 Å². The Bertz CT molecular complexity index is 793. The molecular weight excluding hydrogens is 318 g/mol. The second-order valence-corrected chi connectivity index (χ2v) is 6.42. The molecule has 0 aliphatic rings. The van der Waals surface area contributed by atoms with Crippen LogP contribution in [0, 0.1) is 13.8 Å². The molecule has 0 saturated heterocycles. The van der Waals surface area contributed by atoms with E-state index in [4.69, 9.17) is 4.74 Å². The lowest BCUT2D eigenvalue weighted by Crippen LogP contribution is -2.30. The standard InChI is InChI=1S/C19H25N3O3/c1-11(2)22-13(4)18(12(3)21-22)20-19(24)15(6)25-17-9-7-8-16(10-17)14(5)23/h7-11,15H,1-6H3,(H,20,24)/t15-/m0/s1. The summed E-state index contributed by atoms with van der Waals surface area (Å²) in [5.74, 6) is 0.180. The fourth-order valence-corrected chi connectivity index (χ4v) is 2.62. The normalized spacial score (nSPS) is 12.1. The first kappa shape index (κ1) is 18.7. The number of hydrogen-bond acceptors (Lipinski definition) is 4. The minimum absolute atomic E-state index is 0.0464. The van der Waals surface area contributed by atoms with Crippen molar-refractivity contribution in [1.82, 2.24) is 9.78 Å². The van der Waals surface area contributed by atoms with Crippen molar-refractivity contribution in [3.05, 3.63) is 41.2 Å². The zero-order valence-corrected chi connectivity index (χ0v) is 15.6. The van der Waals surface area contributed by atoms with Crippen molar-refractivity contribution in [2.75, 3.05) is 5.32 Å². The lowest BCUT2D eigenvalue weighted by atomic mass is 10.1. The van der Waals surface area contributed by atoms with Gasteiger partial charge < -0.3 is 10.1 Å². The van der Waals surface area contributed by atoms with Crippen molar-refractivity contribution >= 4 is 17.4 Å². The number of amides is 1. The number of aromatic nitrogens is 2. The Balaban J connectivity index is 2.11. The Labute approximate surface area is 148 Å². The monoisotopic (exact) mass is 343 g/mol. The first-order chi connectivity index (χ1) is 11.7. The van der Waals surface area contributed by atoms with E-state index in [2.05, 4.69) is 10.4 Å². The van der Waals surface area contributed by atoms with Gasteiger partial charge in [-0.2, -0.15) is 5.10 Å². The average molecular weight is 343 g/mol. The number of nitrogens with zero attached hydrogens (tertiary/aromatic N) is 2. The van der Waals surface area contributed by atoms with Gasteiger partial charge in [-0.1, -0.05) is 12.1 Å². The summed E-state index contributed by atoms with van der Waals surface area (Å²) in [5.41, 5.74) is 2.94. The molecule has 1 aromatic carbocycles. The number of ketones is 1. The number of carbonyl (C=O) groups excluding carboxylic acids is 2. The van der Waals surface area contributed by atoms with Crippen LogP contribution in [0.25, 0.3) is 0 Å². The number of rotatable bonds is 6. The van der Waals surface area contributed by atoms with Gasteiger partial charge in [0.15, 0.2) is 11.9 Å². The fourth-order valence-electron chi connectivity index (χ4n) is 2.62. The van der Waals surface area contributed by atoms with Crippen LogP contribution in [0.5, 0.6) is 5.75 Å². The number of aryl methyl sites for hydroxylation is 1. The van der Waals surface area contributed by atoms with Crippen molar-refractivity contribution in [2.45, 2.75) is 53.7 Å². The third kappa shape index (κ3) is 4.26. The van der Waals surface area contributed by atoms with Crippen LogP contribution in [0.15, 0.2) is 24.3 Å². The summed E-state index contributed by atoms with van der Waals surface area (Å²) in [6, 6.07) is 7.03. The Kier molecular flexibility index (Phi) is 5.62. The molecule has 0 aliphatic carbocycles. The highest BCUT2D eigenvalue weighted by molar-refractivity contribution is 5.95. The third-order valence-corrected chi connectivity index (χ3v) is 3.98. The van der Waals surface area contributed by atoms with Gasteiger partial charge in [0.05, 0.1) is 17.1 Å². The average Bonchev–Trinajstić information content (AvgIpc) is 2.83. The summed E-state index contributed by atoms with van der Waals surface area (Å²) in [6.07, 6.45) is -0.705. The molecule has 1 N–H and O–H groups in total. The quantitative estimate of drug-likeness (QED) is 0.812. The van der Waals surface area contributed by atoms with Crippen molar-refractivity contribution in [3.63, 3.8) is 0 Å². The summed E-state index contributed by atoms with van der Waals surface area (Å²) >= 11 is 0. The van der Waals surface area contributed by atoms with Gasteiger partial charge in [-0.3, -0.25) is 14.3 Å². The fraction of sp³-hybridized carbons (Fsp3) is 0.421. The van der Waals surface area contributed by atoms with Gasteiger partial charge in [0.25, 0.3) is 5.91 Å². The summed E-state index contributed by atoms with van der Waals surface area (Å²) in [5, 5.41) is 7.36. The number of hydrogen-bond donors (Lipinski definition) is 1. The molecule has 6 nitrogen and oxygen atoms in total. The van der Waals surface area contributed by atoms with E-state index in [0.29, 0.717) is 17.0 Å². The molecule has 1 atom stereocenters.